The second-order valence-corrected chi connectivity index (χ2v) is 6.69. The van der Waals surface area contributed by atoms with Crippen molar-refractivity contribution in [1.82, 2.24) is 9.80 Å². The molecular weight excluding hydrogens is 224 g/mol. The highest BCUT2D eigenvalue weighted by atomic mass is 16.3. The molecule has 2 fully saturated rings. The van der Waals surface area contributed by atoms with Gasteiger partial charge in [-0.2, -0.15) is 0 Å². The van der Waals surface area contributed by atoms with Gasteiger partial charge in [0.2, 0.25) is 0 Å². The maximum Gasteiger partial charge on any atom is 0.0580 e. The van der Waals surface area contributed by atoms with E-state index in [9.17, 15) is 5.11 Å². The normalized spacial score (nSPS) is 39.2. The Morgan fingerprint density at radius 1 is 1.11 bits per heavy atom. The number of nitrogens with zero attached hydrogens (tertiary/aromatic N) is 2. The van der Waals surface area contributed by atoms with Crippen LogP contribution in [0.15, 0.2) is 0 Å². The molecule has 0 spiro atoms. The second kappa shape index (κ2) is 6.36. The van der Waals surface area contributed by atoms with Crippen LogP contribution < -0.4 is 0 Å². The van der Waals surface area contributed by atoms with Gasteiger partial charge in [0.25, 0.3) is 0 Å². The van der Waals surface area contributed by atoms with E-state index in [1.807, 2.05) is 0 Å². The van der Waals surface area contributed by atoms with Gasteiger partial charge < -0.3 is 14.9 Å². The first-order valence-electron chi connectivity index (χ1n) is 7.64. The van der Waals surface area contributed by atoms with Crippen LogP contribution in [0, 0.1) is 11.8 Å². The van der Waals surface area contributed by atoms with Gasteiger partial charge in [-0.3, -0.25) is 0 Å². The molecule has 1 N–H and O–H groups in total. The summed E-state index contributed by atoms with van der Waals surface area (Å²) >= 11 is 0. The van der Waals surface area contributed by atoms with Crippen molar-refractivity contribution in [3.63, 3.8) is 0 Å². The largest absolute Gasteiger partial charge is 0.393 e. The van der Waals surface area contributed by atoms with Crippen LogP contribution in [0.2, 0.25) is 0 Å². The zero-order valence-electron chi connectivity index (χ0n) is 12.3. The van der Waals surface area contributed by atoms with Crippen molar-refractivity contribution in [2.24, 2.45) is 11.8 Å². The first-order valence-corrected chi connectivity index (χ1v) is 7.64. The summed E-state index contributed by atoms with van der Waals surface area (Å²) in [4.78, 5) is 4.93. The first-order chi connectivity index (χ1) is 8.58. The molecule has 1 saturated carbocycles. The fourth-order valence-electron chi connectivity index (χ4n) is 3.78. The number of aliphatic hydroxyl groups is 1. The molecule has 0 bridgehead atoms. The molecule has 4 atom stereocenters. The summed E-state index contributed by atoms with van der Waals surface area (Å²) in [5, 5.41) is 10.2. The van der Waals surface area contributed by atoms with Gasteiger partial charge in [-0.25, -0.2) is 0 Å². The van der Waals surface area contributed by atoms with Crippen molar-refractivity contribution < 1.29 is 5.11 Å². The molecule has 1 saturated heterocycles. The number of likely N-dealkylation sites (N-methyl/N-ethyl adjacent to an activating group) is 1. The molecule has 0 amide bonds. The lowest BCUT2D eigenvalue weighted by atomic mass is 9.97. The minimum absolute atomic E-state index is 0.0544. The molecule has 18 heavy (non-hydrogen) atoms. The van der Waals surface area contributed by atoms with Gasteiger partial charge in [-0.15, -0.1) is 0 Å². The maximum absolute atomic E-state index is 10.2. The molecule has 106 valence electrons. The van der Waals surface area contributed by atoms with Crippen molar-refractivity contribution in [2.45, 2.75) is 51.2 Å². The van der Waals surface area contributed by atoms with Gasteiger partial charge in [-0.05, 0) is 38.8 Å². The molecule has 3 heteroatoms. The summed E-state index contributed by atoms with van der Waals surface area (Å²) in [5.41, 5.74) is 0. The quantitative estimate of drug-likeness (QED) is 0.778. The molecule has 1 aliphatic heterocycles. The lowest BCUT2D eigenvalue weighted by Gasteiger charge is -2.27. The lowest BCUT2D eigenvalue weighted by Crippen LogP contribution is -2.37. The molecule has 0 aromatic rings. The van der Waals surface area contributed by atoms with Crippen molar-refractivity contribution in [3.05, 3.63) is 0 Å². The minimum Gasteiger partial charge on any atom is -0.393 e. The molecule has 2 aliphatic rings. The Morgan fingerprint density at radius 3 is 2.50 bits per heavy atom. The Kier molecular flexibility index (Phi) is 5.05. The third kappa shape index (κ3) is 3.46. The highest BCUT2D eigenvalue weighted by Gasteiger charge is 2.33. The third-order valence-corrected chi connectivity index (χ3v) is 4.92. The van der Waals surface area contributed by atoms with Crippen molar-refractivity contribution in [1.29, 1.82) is 0 Å². The molecule has 2 rings (SSSR count). The van der Waals surface area contributed by atoms with Gasteiger partial charge >= 0.3 is 0 Å². The van der Waals surface area contributed by atoms with E-state index < -0.39 is 0 Å². The monoisotopic (exact) mass is 254 g/mol. The average Bonchev–Trinajstić information content (AvgIpc) is 2.56. The summed E-state index contributed by atoms with van der Waals surface area (Å²) in [6.45, 7) is 5.84. The number of likely N-dealkylation sites (tertiary alicyclic amines) is 1. The van der Waals surface area contributed by atoms with Crippen molar-refractivity contribution >= 4 is 0 Å². The number of hydrogen-bond acceptors (Lipinski definition) is 3. The Hall–Kier alpha value is -0.120. The standard InChI is InChI=1S/C15H30N2O/c1-12-9-17(11-14(12)16(2)3)10-13-7-5-4-6-8-15(13)18/h12-15,18H,4-11H2,1-3H3. The molecule has 3 nitrogen and oxygen atoms in total. The van der Waals surface area contributed by atoms with E-state index in [0.29, 0.717) is 12.0 Å². The number of aliphatic hydroxyl groups excluding tert-OH is 1. The van der Waals surface area contributed by atoms with E-state index in [0.717, 1.165) is 18.9 Å². The fourth-order valence-corrected chi connectivity index (χ4v) is 3.78. The van der Waals surface area contributed by atoms with E-state index in [2.05, 4.69) is 30.8 Å². The van der Waals surface area contributed by atoms with Crippen molar-refractivity contribution in [2.75, 3.05) is 33.7 Å². The van der Waals surface area contributed by atoms with Crippen LogP contribution in [-0.2, 0) is 0 Å². The molecule has 0 radical (unpaired) electrons. The molecule has 0 aromatic carbocycles. The fraction of sp³-hybridized carbons (Fsp3) is 1.00. The summed E-state index contributed by atoms with van der Waals surface area (Å²) in [7, 11) is 4.37. The third-order valence-electron chi connectivity index (χ3n) is 4.92. The van der Waals surface area contributed by atoms with E-state index in [1.165, 1.54) is 38.8 Å². The number of rotatable bonds is 3. The van der Waals surface area contributed by atoms with E-state index in [4.69, 9.17) is 0 Å². The number of hydrogen-bond donors (Lipinski definition) is 1. The zero-order valence-corrected chi connectivity index (χ0v) is 12.3. The Morgan fingerprint density at radius 2 is 1.83 bits per heavy atom. The van der Waals surface area contributed by atoms with E-state index >= 15 is 0 Å². The predicted molar refractivity (Wildman–Crippen MR) is 75.7 cm³/mol. The van der Waals surface area contributed by atoms with Crippen LogP contribution in [0.5, 0.6) is 0 Å². The summed E-state index contributed by atoms with van der Waals surface area (Å²) in [5.74, 6) is 1.27. The van der Waals surface area contributed by atoms with Crippen molar-refractivity contribution in [3.8, 4) is 0 Å². The van der Waals surface area contributed by atoms with Crippen LogP contribution in [0.25, 0.3) is 0 Å². The van der Waals surface area contributed by atoms with Crippen LogP contribution in [0.4, 0.5) is 0 Å². The summed E-state index contributed by atoms with van der Waals surface area (Å²) in [6, 6.07) is 0.688. The highest BCUT2D eigenvalue weighted by Crippen LogP contribution is 2.27. The molecular formula is C15H30N2O. The van der Waals surface area contributed by atoms with Crippen LogP contribution in [-0.4, -0.2) is 60.8 Å². The maximum atomic E-state index is 10.2. The molecule has 0 aromatic heterocycles. The predicted octanol–water partition coefficient (Wildman–Crippen LogP) is 1.81. The molecule has 1 heterocycles. The van der Waals surface area contributed by atoms with Gasteiger partial charge in [0.05, 0.1) is 6.10 Å². The molecule has 4 unspecified atom stereocenters. The van der Waals surface area contributed by atoms with E-state index in [1.54, 1.807) is 0 Å². The zero-order chi connectivity index (χ0) is 13.1. The second-order valence-electron chi connectivity index (χ2n) is 6.69. The first kappa shape index (κ1) is 14.3. The van der Waals surface area contributed by atoms with Gasteiger partial charge in [0.15, 0.2) is 0 Å². The van der Waals surface area contributed by atoms with Gasteiger partial charge in [0, 0.05) is 25.7 Å². The molecule has 1 aliphatic carbocycles. The summed E-state index contributed by atoms with van der Waals surface area (Å²) in [6.07, 6.45) is 6.02. The minimum atomic E-state index is -0.0544. The Bertz CT molecular complexity index is 257. The van der Waals surface area contributed by atoms with Gasteiger partial charge in [-0.1, -0.05) is 26.2 Å². The topological polar surface area (TPSA) is 26.7 Å². The smallest absolute Gasteiger partial charge is 0.0580 e. The van der Waals surface area contributed by atoms with E-state index in [-0.39, 0.29) is 6.10 Å². The summed E-state index contributed by atoms with van der Waals surface area (Å²) < 4.78 is 0. The van der Waals surface area contributed by atoms with Crippen LogP contribution in [0.3, 0.4) is 0 Å². The average molecular weight is 254 g/mol. The Labute approximate surface area is 112 Å². The van der Waals surface area contributed by atoms with Gasteiger partial charge in [0.1, 0.15) is 0 Å². The lowest BCUT2D eigenvalue weighted by molar-refractivity contribution is 0.0774. The van der Waals surface area contributed by atoms with Crippen LogP contribution >= 0.6 is 0 Å². The van der Waals surface area contributed by atoms with Crippen LogP contribution in [0.1, 0.15) is 39.0 Å². The SMILES string of the molecule is CC1CN(CC2CCCCCC2O)CC1N(C)C. The highest BCUT2D eigenvalue weighted by molar-refractivity contribution is 4.88. The Balaban J connectivity index is 1.86.